The SMILES string of the molecule is C=CCN(C(=O)C1N(CCO)C(=O)[C@@H]2[C@H](C(=O)O)[C@@H]3CCC12O3)c1ccc(N(CC)CC)cc1. The van der Waals surface area contributed by atoms with Crippen molar-refractivity contribution in [2.45, 2.75) is 44.4 Å². The van der Waals surface area contributed by atoms with Gasteiger partial charge in [-0.15, -0.1) is 6.58 Å². The lowest BCUT2D eigenvalue weighted by atomic mass is 9.70. The van der Waals surface area contributed by atoms with E-state index in [4.69, 9.17) is 4.74 Å². The second-order valence-electron chi connectivity index (χ2n) is 9.08. The summed E-state index contributed by atoms with van der Waals surface area (Å²) in [5.74, 6) is -3.79. The zero-order valence-electron chi connectivity index (χ0n) is 19.7. The zero-order valence-corrected chi connectivity index (χ0v) is 19.7. The summed E-state index contributed by atoms with van der Waals surface area (Å²) in [7, 11) is 0. The second-order valence-corrected chi connectivity index (χ2v) is 9.08. The number of nitrogens with zero attached hydrogens (tertiary/aromatic N) is 3. The Morgan fingerprint density at radius 1 is 1.24 bits per heavy atom. The van der Waals surface area contributed by atoms with Crippen molar-refractivity contribution in [2.75, 3.05) is 42.6 Å². The molecule has 2 N–H and O–H groups in total. The van der Waals surface area contributed by atoms with E-state index in [1.807, 2.05) is 24.3 Å². The number of hydrogen-bond acceptors (Lipinski definition) is 6. The van der Waals surface area contributed by atoms with Gasteiger partial charge in [0.1, 0.15) is 11.6 Å². The Kier molecular flexibility index (Phi) is 6.69. The molecule has 1 spiro atoms. The molecule has 2 unspecified atom stereocenters. The fourth-order valence-electron chi connectivity index (χ4n) is 6.09. The fourth-order valence-corrected chi connectivity index (χ4v) is 6.09. The van der Waals surface area contributed by atoms with Gasteiger partial charge in [0.05, 0.1) is 24.5 Å². The van der Waals surface area contributed by atoms with Crippen molar-refractivity contribution in [1.29, 1.82) is 0 Å². The Hall–Kier alpha value is -2.91. The van der Waals surface area contributed by atoms with Gasteiger partial charge in [-0.3, -0.25) is 14.4 Å². The summed E-state index contributed by atoms with van der Waals surface area (Å²) < 4.78 is 6.18. The van der Waals surface area contributed by atoms with E-state index in [0.717, 1.165) is 18.8 Å². The molecule has 0 radical (unpaired) electrons. The molecule has 0 aliphatic carbocycles. The van der Waals surface area contributed by atoms with Crippen LogP contribution in [-0.2, 0) is 19.1 Å². The van der Waals surface area contributed by atoms with Gasteiger partial charge in [-0.25, -0.2) is 0 Å². The van der Waals surface area contributed by atoms with Gasteiger partial charge in [0, 0.05) is 37.6 Å². The number of hydrogen-bond donors (Lipinski definition) is 2. The van der Waals surface area contributed by atoms with E-state index >= 15 is 0 Å². The number of aliphatic hydroxyl groups excluding tert-OH is 1. The predicted octanol–water partition coefficient (Wildman–Crippen LogP) is 1.50. The monoisotopic (exact) mass is 471 g/mol. The van der Waals surface area contributed by atoms with E-state index in [0.29, 0.717) is 18.5 Å². The van der Waals surface area contributed by atoms with E-state index < -0.39 is 41.5 Å². The number of fused-ring (bicyclic) bond motifs is 1. The zero-order chi connectivity index (χ0) is 24.6. The quantitative estimate of drug-likeness (QED) is 0.498. The molecule has 184 valence electrons. The molecule has 3 heterocycles. The molecule has 5 atom stereocenters. The highest BCUT2D eigenvalue weighted by molar-refractivity contribution is 6.04. The van der Waals surface area contributed by atoms with Crippen LogP contribution in [0.3, 0.4) is 0 Å². The third-order valence-corrected chi connectivity index (χ3v) is 7.53. The van der Waals surface area contributed by atoms with Crippen LogP contribution in [0.4, 0.5) is 11.4 Å². The van der Waals surface area contributed by atoms with Crippen molar-refractivity contribution in [3.05, 3.63) is 36.9 Å². The Labute approximate surface area is 199 Å². The summed E-state index contributed by atoms with van der Waals surface area (Å²) in [5.41, 5.74) is 0.496. The van der Waals surface area contributed by atoms with Gasteiger partial charge in [0.2, 0.25) is 5.91 Å². The molecular weight excluding hydrogens is 438 g/mol. The molecule has 0 aromatic heterocycles. The lowest BCUT2D eigenvalue weighted by Crippen LogP contribution is -2.56. The van der Waals surface area contributed by atoms with Crippen molar-refractivity contribution < 1.29 is 29.3 Å². The minimum absolute atomic E-state index is 0.0588. The van der Waals surface area contributed by atoms with Crippen molar-refractivity contribution >= 4 is 29.2 Å². The number of aliphatic hydroxyl groups is 1. The Balaban J connectivity index is 1.71. The van der Waals surface area contributed by atoms with Crippen LogP contribution in [0.15, 0.2) is 36.9 Å². The summed E-state index contributed by atoms with van der Waals surface area (Å²) in [6, 6.07) is 6.63. The summed E-state index contributed by atoms with van der Waals surface area (Å²) in [6.45, 7) is 9.49. The molecule has 2 bridgehead atoms. The second kappa shape index (κ2) is 9.38. The van der Waals surface area contributed by atoms with Gasteiger partial charge in [0.25, 0.3) is 5.91 Å². The highest BCUT2D eigenvalue weighted by Gasteiger charge is 2.74. The van der Waals surface area contributed by atoms with Crippen molar-refractivity contribution in [1.82, 2.24) is 4.90 Å². The molecule has 3 aliphatic rings. The number of carboxylic acid groups (broad SMARTS) is 1. The first-order chi connectivity index (χ1) is 16.3. The topological polar surface area (TPSA) is 111 Å². The van der Waals surface area contributed by atoms with Gasteiger partial charge >= 0.3 is 5.97 Å². The molecule has 3 aliphatic heterocycles. The van der Waals surface area contributed by atoms with E-state index in [-0.39, 0.29) is 25.6 Å². The lowest BCUT2D eigenvalue weighted by Gasteiger charge is -2.36. The lowest BCUT2D eigenvalue weighted by molar-refractivity contribution is -0.149. The van der Waals surface area contributed by atoms with E-state index in [1.165, 1.54) is 4.90 Å². The first-order valence-corrected chi connectivity index (χ1v) is 11.9. The third-order valence-electron chi connectivity index (χ3n) is 7.53. The molecule has 1 aromatic rings. The summed E-state index contributed by atoms with van der Waals surface area (Å²) in [6.07, 6.45) is 1.95. The first kappa shape index (κ1) is 24.2. The van der Waals surface area contributed by atoms with Gasteiger partial charge in [0.15, 0.2) is 0 Å². The molecule has 4 rings (SSSR count). The number of carbonyl (C=O) groups excluding carboxylic acids is 2. The van der Waals surface area contributed by atoms with E-state index in [2.05, 4.69) is 25.3 Å². The minimum atomic E-state index is -1.20. The number of amides is 2. The van der Waals surface area contributed by atoms with Crippen molar-refractivity contribution in [2.24, 2.45) is 11.8 Å². The Morgan fingerprint density at radius 2 is 1.88 bits per heavy atom. The molecular formula is C25H33N3O6. The van der Waals surface area contributed by atoms with Crippen LogP contribution in [0.2, 0.25) is 0 Å². The number of aliphatic carboxylic acids is 1. The van der Waals surface area contributed by atoms with Crippen LogP contribution in [0.1, 0.15) is 26.7 Å². The van der Waals surface area contributed by atoms with Crippen LogP contribution in [0, 0.1) is 11.8 Å². The number of carboxylic acids is 1. The average molecular weight is 472 g/mol. The maximum atomic E-state index is 14.1. The van der Waals surface area contributed by atoms with E-state index in [1.54, 1.807) is 11.0 Å². The molecule has 3 fully saturated rings. The molecule has 2 amide bonds. The first-order valence-electron chi connectivity index (χ1n) is 11.9. The van der Waals surface area contributed by atoms with Crippen LogP contribution in [-0.4, -0.2) is 83.4 Å². The van der Waals surface area contributed by atoms with Crippen LogP contribution in [0.5, 0.6) is 0 Å². The number of likely N-dealkylation sites (tertiary alicyclic amines) is 1. The molecule has 3 saturated heterocycles. The average Bonchev–Trinajstić information content (AvgIpc) is 3.46. The van der Waals surface area contributed by atoms with Crippen molar-refractivity contribution in [3.63, 3.8) is 0 Å². The van der Waals surface area contributed by atoms with Crippen molar-refractivity contribution in [3.8, 4) is 0 Å². The third kappa shape index (κ3) is 3.58. The van der Waals surface area contributed by atoms with Gasteiger partial charge in [-0.1, -0.05) is 6.08 Å². The largest absolute Gasteiger partial charge is 0.481 e. The Morgan fingerprint density at radius 3 is 2.44 bits per heavy atom. The fraction of sp³-hybridized carbons (Fsp3) is 0.560. The number of carbonyl (C=O) groups is 3. The number of benzene rings is 1. The number of β-amino-alcohol motifs (C(OH)–C–C–N with tert-alkyl or cyclic N) is 1. The smallest absolute Gasteiger partial charge is 0.310 e. The standard InChI is InChI=1S/C25H33N3O6/c1-4-13-27(17-9-7-16(8-10-17)26(5-2)6-3)23(31)21-25-12-11-18(34-25)19(24(32)33)20(25)22(30)28(21)14-15-29/h4,7-10,18-21,29H,1,5-6,11-15H2,2-3H3,(H,32,33)/t18-,19+,20-,21?,25?/m0/s1. The number of anilines is 2. The van der Waals surface area contributed by atoms with E-state index in [9.17, 15) is 24.6 Å². The molecule has 9 heteroatoms. The highest BCUT2D eigenvalue weighted by Crippen LogP contribution is 2.58. The normalized spacial score (nSPS) is 29.3. The predicted molar refractivity (Wildman–Crippen MR) is 127 cm³/mol. The van der Waals surface area contributed by atoms with Crippen LogP contribution in [0.25, 0.3) is 0 Å². The van der Waals surface area contributed by atoms with Crippen LogP contribution >= 0.6 is 0 Å². The minimum Gasteiger partial charge on any atom is -0.481 e. The van der Waals surface area contributed by atoms with Gasteiger partial charge in [-0.2, -0.15) is 0 Å². The molecule has 1 aromatic carbocycles. The Bertz CT molecular complexity index is 962. The summed E-state index contributed by atoms with van der Waals surface area (Å²) in [4.78, 5) is 44.5. The molecule has 34 heavy (non-hydrogen) atoms. The van der Waals surface area contributed by atoms with Gasteiger partial charge < -0.3 is 29.6 Å². The molecule has 0 saturated carbocycles. The maximum absolute atomic E-state index is 14.1. The van der Waals surface area contributed by atoms with Gasteiger partial charge in [-0.05, 0) is 51.0 Å². The highest BCUT2D eigenvalue weighted by atomic mass is 16.5. The summed E-state index contributed by atoms with van der Waals surface area (Å²) in [5, 5.41) is 19.4. The van der Waals surface area contributed by atoms with Crippen LogP contribution < -0.4 is 9.80 Å². The molecule has 9 nitrogen and oxygen atoms in total. The number of rotatable bonds is 10. The maximum Gasteiger partial charge on any atom is 0.310 e. The number of ether oxygens (including phenoxy) is 1. The summed E-state index contributed by atoms with van der Waals surface area (Å²) >= 11 is 0.